The van der Waals surface area contributed by atoms with Gasteiger partial charge in [0.2, 0.25) is 0 Å². The fraction of sp³-hybridized carbons (Fsp3) is 0.267. The smallest absolute Gasteiger partial charge is 0.307 e. The summed E-state index contributed by atoms with van der Waals surface area (Å²) in [5.74, 6) is -0.0584. The first kappa shape index (κ1) is 16.3. The highest BCUT2D eigenvalue weighted by Crippen LogP contribution is 2.24. The molecule has 0 aliphatic heterocycles. The third-order valence-corrected chi connectivity index (χ3v) is 2.97. The molecule has 3 N–H and O–H groups in total. The molecule has 0 aliphatic rings. The fourth-order valence-corrected chi connectivity index (χ4v) is 2.00. The van der Waals surface area contributed by atoms with Crippen LogP contribution in [-0.2, 0) is 9.53 Å². The second-order valence-corrected chi connectivity index (χ2v) is 4.41. The summed E-state index contributed by atoms with van der Waals surface area (Å²) < 4.78 is 4.89. The van der Waals surface area contributed by atoms with Gasteiger partial charge in [-0.15, -0.1) is 12.4 Å². The maximum atomic E-state index is 11.4. The zero-order valence-corrected chi connectivity index (χ0v) is 12.0. The first-order valence-corrected chi connectivity index (χ1v) is 6.24. The van der Waals surface area contributed by atoms with Crippen LogP contribution < -0.4 is 5.73 Å². The van der Waals surface area contributed by atoms with E-state index >= 15 is 0 Å². The summed E-state index contributed by atoms with van der Waals surface area (Å²) >= 11 is 0. The van der Waals surface area contributed by atoms with Crippen LogP contribution in [0.1, 0.15) is 24.9 Å². The van der Waals surface area contributed by atoms with Crippen molar-refractivity contribution >= 4 is 29.1 Å². The van der Waals surface area contributed by atoms with E-state index in [0.717, 1.165) is 16.3 Å². The molecule has 1 atom stereocenters. The highest BCUT2D eigenvalue weighted by molar-refractivity contribution is 5.85. The molecule has 108 valence electrons. The lowest BCUT2D eigenvalue weighted by Crippen LogP contribution is -2.17. The number of phenolic OH excluding ortho intramolecular Hbond substituents is 1. The van der Waals surface area contributed by atoms with Gasteiger partial charge in [-0.3, -0.25) is 4.79 Å². The molecular formula is C15H18ClNO3. The van der Waals surface area contributed by atoms with E-state index in [-0.39, 0.29) is 36.6 Å². The first-order valence-electron chi connectivity index (χ1n) is 6.24. The van der Waals surface area contributed by atoms with E-state index in [2.05, 4.69) is 0 Å². The Kier molecular flexibility index (Phi) is 5.80. The Morgan fingerprint density at radius 1 is 1.25 bits per heavy atom. The number of hydrogen-bond donors (Lipinski definition) is 2. The minimum absolute atomic E-state index is 0. The number of esters is 1. The predicted molar refractivity (Wildman–Crippen MR) is 81.0 cm³/mol. The summed E-state index contributed by atoms with van der Waals surface area (Å²) in [4.78, 5) is 11.4. The number of carbonyl (C=O) groups is 1. The average Bonchev–Trinajstić information content (AvgIpc) is 2.38. The lowest BCUT2D eigenvalue weighted by molar-refractivity contribution is -0.143. The Balaban J connectivity index is 0.00000200. The predicted octanol–water partition coefficient (Wildman–Crippen LogP) is 2.92. The number of halogens is 1. The van der Waals surface area contributed by atoms with Crippen LogP contribution in [0.15, 0.2) is 36.4 Å². The van der Waals surface area contributed by atoms with Crippen molar-refractivity contribution < 1.29 is 14.6 Å². The summed E-state index contributed by atoms with van der Waals surface area (Å²) in [6.45, 7) is 2.13. The molecule has 4 nitrogen and oxygen atoms in total. The lowest BCUT2D eigenvalue weighted by atomic mass is 10.0. The molecule has 0 bridgehead atoms. The molecule has 0 saturated carbocycles. The van der Waals surface area contributed by atoms with Gasteiger partial charge in [-0.05, 0) is 41.5 Å². The van der Waals surface area contributed by atoms with Crippen LogP contribution in [0.4, 0.5) is 0 Å². The van der Waals surface area contributed by atoms with Gasteiger partial charge in [0.15, 0.2) is 0 Å². The summed E-state index contributed by atoms with van der Waals surface area (Å²) in [6, 6.07) is 10.4. The second-order valence-electron chi connectivity index (χ2n) is 4.41. The van der Waals surface area contributed by atoms with Gasteiger partial charge in [0, 0.05) is 6.04 Å². The molecule has 2 rings (SSSR count). The molecule has 0 saturated heterocycles. The Morgan fingerprint density at radius 3 is 2.60 bits per heavy atom. The molecule has 0 fully saturated rings. The number of rotatable bonds is 4. The van der Waals surface area contributed by atoms with Crippen molar-refractivity contribution in [2.75, 3.05) is 6.61 Å². The number of ether oxygens (including phenoxy) is 1. The van der Waals surface area contributed by atoms with E-state index in [9.17, 15) is 9.90 Å². The van der Waals surface area contributed by atoms with Crippen LogP contribution in [0.2, 0.25) is 0 Å². The number of phenols is 1. The van der Waals surface area contributed by atoms with E-state index in [1.807, 2.05) is 24.3 Å². The number of benzene rings is 2. The van der Waals surface area contributed by atoms with Gasteiger partial charge in [-0.2, -0.15) is 0 Å². The van der Waals surface area contributed by atoms with Crippen LogP contribution in [0.25, 0.3) is 10.8 Å². The summed E-state index contributed by atoms with van der Waals surface area (Å²) in [5.41, 5.74) is 6.88. The SMILES string of the molecule is CCOC(=O)C[C@H](N)c1ccc2cc(O)ccc2c1.Cl. The molecule has 0 heterocycles. The van der Waals surface area contributed by atoms with Gasteiger partial charge in [-0.1, -0.05) is 18.2 Å². The number of fused-ring (bicyclic) bond motifs is 1. The van der Waals surface area contributed by atoms with E-state index in [1.165, 1.54) is 0 Å². The van der Waals surface area contributed by atoms with Gasteiger partial charge in [0.25, 0.3) is 0 Å². The molecule has 0 aliphatic carbocycles. The molecule has 5 heteroatoms. The van der Waals surface area contributed by atoms with E-state index in [0.29, 0.717) is 6.61 Å². The number of nitrogens with two attached hydrogens (primary N) is 1. The zero-order chi connectivity index (χ0) is 13.8. The van der Waals surface area contributed by atoms with E-state index in [4.69, 9.17) is 10.5 Å². The molecule has 0 aromatic heterocycles. The Labute approximate surface area is 124 Å². The molecule has 0 amide bonds. The average molecular weight is 296 g/mol. The van der Waals surface area contributed by atoms with Crippen molar-refractivity contribution in [2.45, 2.75) is 19.4 Å². The Hall–Kier alpha value is -1.78. The van der Waals surface area contributed by atoms with Gasteiger partial charge < -0.3 is 15.6 Å². The van der Waals surface area contributed by atoms with Crippen molar-refractivity contribution in [1.29, 1.82) is 0 Å². The van der Waals surface area contributed by atoms with Crippen molar-refractivity contribution in [1.82, 2.24) is 0 Å². The van der Waals surface area contributed by atoms with Crippen LogP contribution in [0, 0.1) is 0 Å². The summed E-state index contributed by atoms with van der Waals surface area (Å²) in [6.07, 6.45) is 0.164. The number of aromatic hydroxyl groups is 1. The summed E-state index contributed by atoms with van der Waals surface area (Å²) in [5, 5.41) is 11.3. The van der Waals surface area contributed by atoms with E-state index < -0.39 is 0 Å². The number of carbonyl (C=O) groups excluding carboxylic acids is 1. The minimum atomic E-state index is -0.378. The fourth-order valence-electron chi connectivity index (χ4n) is 2.00. The zero-order valence-electron chi connectivity index (χ0n) is 11.2. The lowest BCUT2D eigenvalue weighted by Gasteiger charge is -2.12. The Bertz CT molecular complexity index is 601. The second kappa shape index (κ2) is 7.12. The maximum absolute atomic E-state index is 11.4. The van der Waals surface area contributed by atoms with Crippen molar-refractivity contribution in [3.05, 3.63) is 42.0 Å². The topological polar surface area (TPSA) is 72.5 Å². The molecule has 20 heavy (non-hydrogen) atoms. The third kappa shape index (κ3) is 3.85. The molecule has 2 aromatic rings. The number of hydrogen-bond acceptors (Lipinski definition) is 4. The molecule has 0 spiro atoms. The monoisotopic (exact) mass is 295 g/mol. The quantitative estimate of drug-likeness (QED) is 0.851. The minimum Gasteiger partial charge on any atom is -0.508 e. The van der Waals surface area contributed by atoms with Gasteiger partial charge in [0.05, 0.1) is 13.0 Å². The van der Waals surface area contributed by atoms with Gasteiger partial charge in [-0.25, -0.2) is 0 Å². The molecular weight excluding hydrogens is 278 g/mol. The molecule has 2 aromatic carbocycles. The van der Waals surface area contributed by atoms with Crippen LogP contribution >= 0.6 is 12.4 Å². The van der Waals surface area contributed by atoms with E-state index in [1.54, 1.807) is 19.1 Å². The van der Waals surface area contributed by atoms with Crippen molar-refractivity contribution in [3.8, 4) is 5.75 Å². The molecule has 0 unspecified atom stereocenters. The standard InChI is InChI=1S/C15H17NO3.ClH/c1-2-19-15(18)9-14(16)12-4-3-11-8-13(17)6-5-10(11)7-12;/h3-8,14,17H,2,9,16H2,1H3;1H/t14-;/m0./s1. The normalized spacial score (nSPS) is 11.7. The largest absolute Gasteiger partial charge is 0.508 e. The maximum Gasteiger partial charge on any atom is 0.307 e. The van der Waals surface area contributed by atoms with Crippen molar-refractivity contribution in [3.63, 3.8) is 0 Å². The highest BCUT2D eigenvalue weighted by Gasteiger charge is 2.12. The summed E-state index contributed by atoms with van der Waals surface area (Å²) in [7, 11) is 0. The molecule has 0 radical (unpaired) electrons. The first-order chi connectivity index (χ1) is 9.10. The van der Waals surface area contributed by atoms with Gasteiger partial charge >= 0.3 is 5.97 Å². The van der Waals surface area contributed by atoms with Crippen LogP contribution in [0.5, 0.6) is 5.75 Å². The van der Waals surface area contributed by atoms with Crippen molar-refractivity contribution in [2.24, 2.45) is 5.73 Å². The third-order valence-electron chi connectivity index (χ3n) is 2.97. The highest BCUT2D eigenvalue weighted by atomic mass is 35.5. The van der Waals surface area contributed by atoms with Gasteiger partial charge in [0.1, 0.15) is 5.75 Å². The Morgan fingerprint density at radius 2 is 1.90 bits per heavy atom. The van der Waals surface area contributed by atoms with Crippen LogP contribution in [-0.4, -0.2) is 17.7 Å². The van der Waals surface area contributed by atoms with Crippen LogP contribution in [0.3, 0.4) is 0 Å².